The molecule has 0 bridgehead atoms. The van der Waals surface area contributed by atoms with E-state index in [9.17, 15) is 17.6 Å². The van der Waals surface area contributed by atoms with E-state index >= 15 is 0 Å². The molecule has 0 radical (unpaired) electrons. The van der Waals surface area contributed by atoms with Gasteiger partial charge in [0.2, 0.25) is 0 Å². The molecule has 0 aliphatic carbocycles. The van der Waals surface area contributed by atoms with E-state index in [1.165, 1.54) is 0 Å². The molecule has 0 aromatic heterocycles. The van der Waals surface area contributed by atoms with E-state index in [2.05, 4.69) is 5.32 Å². The number of nitrogens with one attached hydrogen (secondary N) is 1. The summed E-state index contributed by atoms with van der Waals surface area (Å²) in [5, 5.41) is 2.36. The highest BCUT2D eigenvalue weighted by molar-refractivity contribution is 7.90. The van der Waals surface area contributed by atoms with Crippen molar-refractivity contribution in [1.29, 1.82) is 0 Å². The maximum absolute atomic E-state index is 13.6. The molecule has 104 valence electrons. The Hall–Kier alpha value is -1.47. The lowest BCUT2D eigenvalue weighted by Gasteiger charge is -2.11. The van der Waals surface area contributed by atoms with Crippen LogP contribution in [-0.4, -0.2) is 33.3 Å². The smallest absolute Gasteiger partial charge is 0.253 e. The van der Waals surface area contributed by atoms with Gasteiger partial charge in [-0.1, -0.05) is 0 Å². The Morgan fingerprint density at radius 2 is 2.21 bits per heavy atom. The van der Waals surface area contributed by atoms with Crippen molar-refractivity contribution < 1.29 is 22.3 Å². The molecule has 1 amide bonds. The maximum atomic E-state index is 13.6. The first kappa shape index (κ1) is 14.0. The Balaban J connectivity index is 2.22. The van der Waals surface area contributed by atoms with Gasteiger partial charge in [0.1, 0.15) is 11.9 Å². The number of hydrogen-bond donors (Lipinski definition) is 1. The van der Waals surface area contributed by atoms with Gasteiger partial charge in [0.15, 0.2) is 9.84 Å². The molecular weight excluding hydrogens is 273 g/mol. The first-order valence-corrected chi connectivity index (χ1v) is 7.69. The number of sulfone groups is 1. The van der Waals surface area contributed by atoms with E-state index < -0.39 is 27.7 Å². The van der Waals surface area contributed by atoms with Crippen molar-refractivity contribution in [2.45, 2.75) is 23.8 Å². The van der Waals surface area contributed by atoms with Crippen LogP contribution in [0.3, 0.4) is 0 Å². The van der Waals surface area contributed by atoms with Crippen molar-refractivity contribution in [3.8, 4) is 0 Å². The summed E-state index contributed by atoms with van der Waals surface area (Å²) in [6.07, 6.45) is 1.79. The largest absolute Gasteiger partial charge is 0.368 e. The summed E-state index contributed by atoms with van der Waals surface area (Å²) in [6, 6.07) is 3.28. The Kier molecular flexibility index (Phi) is 3.86. The van der Waals surface area contributed by atoms with Crippen LogP contribution < -0.4 is 5.32 Å². The lowest BCUT2D eigenvalue weighted by Crippen LogP contribution is -2.27. The summed E-state index contributed by atoms with van der Waals surface area (Å²) >= 11 is 0. The number of hydrogen-bond acceptors (Lipinski definition) is 4. The number of amides is 1. The van der Waals surface area contributed by atoms with Crippen LogP contribution in [0.2, 0.25) is 0 Å². The van der Waals surface area contributed by atoms with Gasteiger partial charge in [-0.15, -0.1) is 0 Å². The zero-order chi connectivity index (χ0) is 14.0. The highest BCUT2D eigenvalue weighted by Gasteiger charge is 2.24. The van der Waals surface area contributed by atoms with Crippen LogP contribution >= 0.6 is 0 Å². The van der Waals surface area contributed by atoms with Gasteiger partial charge in [0.25, 0.3) is 5.91 Å². The molecule has 1 saturated heterocycles. The van der Waals surface area contributed by atoms with Crippen LogP contribution in [0.25, 0.3) is 0 Å². The molecule has 2 rings (SSSR count). The van der Waals surface area contributed by atoms with Crippen molar-refractivity contribution in [1.82, 2.24) is 0 Å². The summed E-state index contributed by atoms with van der Waals surface area (Å²) in [4.78, 5) is 11.7. The average molecular weight is 287 g/mol. The number of anilines is 1. The second-order valence-electron chi connectivity index (χ2n) is 4.40. The van der Waals surface area contributed by atoms with Gasteiger partial charge in [-0.3, -0.25) is 4.79 Å². The van der Waals surface area contributed by atoms with E-state index in [1.807, 2.05) is 0 Å². The number of benzene rings is 1. The molecule has 1 N–H and O–H groups in total. The number of rotatable bonds is 3. The average Bonchev–Trinajstić information content (AvgIpc) is 2.84. The minimum atomic E-state index is -3.45. The monoisotopic (exact) mass is 287 g/mol. The number of ether oxygens (including phenoxy) is 1. The Morgan fingerprint density at radius 3 is 2.79 bits per heavy atom. The number of halogens is 1. The van der Waals surface area contributed by atoms with Crippen LogP contribution in [0.15, 0.2) is 23.1 Å². The molecule has 0 saturated carbocycles. The van der Waals surface area contributed by atoms with Crippen molar-refractivity contribution in [3.63, 3.8) is 0 Å². The molecule has 1 atom stereocenters. The SMILES string of the molecule is CS(=O)(=O)c1ccc(F)c(NC(=O)C2CCCO2)c1. The minimum Gasteiger partial charge on any atom is -0.368 e. The van der Waals surface area contributed by atoms with Crippen molar-refractivity contribution in [2.24, 2.45) is 0 Å². The standard InChI is InChI=1S/C12H14FNO4S/c1-19(16,17)8-4-5-9(13)10(7-8)14-12(15)11-3-2-6-18-11/h4-5,7,11H,2-3,6H2,1H3,(H,14,15). The third-order valence-corrected chi connectivity index (χ3v) is 3.96. The molecule has 5 nitrogen and oxygen atoms in total. The molecular formula is C12H14FNO4S. The lowest BCUT2D eigenvalue weighted by atomic mass is 10.2. The van der Waals surface area contributed by atoms with E-state index in [4.69, 9.17) is 4.74 Å². The van der Waals surface area contributed by atoms with Crippen LogP contribution in [0.1, 0.15) is 12.8 Å². The topological polar surface area (TPSA) is 72.5 Å². The van der Waals surface area contributed by atoms with Gasteiger partial charge in [-0.2, -0.15) is 0 Å². The molecule has 1 aliphatic heterocycles. The van der Waals surface area contributed by atoms with Gasteiger partial charge >= 0.3 is 0 Å². The van der Waals surface area contributed by atoms with Crippen molar-refractivity contribution >= 4 is 21.4 Å². The Labute approximate surface area is 110 Å². The number of carbonyl (C=O) groups excluding carboxylic acids is 1. The van der Waals surface area contributed by atoms with E-state index in [-0.39, 0.29) is 10.6 Å². The molecule has 7 heteroatoms. The highest BCUT2D eigenvalue weighted by atomic mass is 32.2. The molecule has 1 unspecified atom stereocenters. The zero-order valence-electron chi connectivity index (χ0n) is 10.3. The van der Waals surface area contributed by atoms with Gasteiger partial charge in [0, 0.05) is 12.9 Å². The normalized spacial score (nSPS) is 19.4. The summed E-state index contributed by atoms with van der Waals surface area (Å²) < 4.78 is 41.5. The van der Waals surface area contributed by atoms with Gasteiger partial charge < -0.3 is 10.1 Å². The van der Waals surface area contributed by atoms with Crippen molar-refractivity contribution in [2.75, 3.05) is 18.2 Å². The molecule has 0 spiro atoms. The second kappa shape index (κ2) is 5.26. The highest BCUT2D eigenvalue weighted by Crippen LogP contribution is 2.21. The second-order valence-corrected chi connectivity index (χ2v) is 6.42. The summed E-state index contributed by atoms with van der Waals surface area (Å²) in [7, 11) is -3.45. The van der Waals surface area contributed by atoms with E-state index in [0.717, 1.165) is 30.9 Å². The minimum absolute atomic E-state index is 0.0449. The van der Waals surface area contributed by atoms with Crippen LogP contribution in [0.5, 0.6) is 0 Å². The Morgan fingerprint density at radius 1 is 1.47 bits per heavy atom. The van der Waals surface area contributed by atoms with Crippen LogP contribution in [-0.2, 0) is 19.4 Å². The molecule has 1 aromatic rings. The zero-order valence-corrected chi connectivity index (χ0v) is 11.2. The summed E-state index contributed by atoms with van der Waals surface area (Å²) in [6.45, 7) is 0.504. The molecule has 1 fully saturated rings. The lowest BCUT2D eigenvalue weighted by molar-refractivity contribution is -0.124. The van der Waals surface area contributed by atoms with E-state index in [1.54, 1.807) is 0 Å². The molecule has 1 aliphatic rings. The first-order valence-electron chi connectivity index (χ1n) is 5.80. The molecule has 1 heterocycles. The van der Waals surface area contributed by atoms with Gasteiger partial charge in [-0.25, -0.2) is 12.8 Å². The fourth-order valence-electron chi connectivity index (χ4n) is 1.83. The predicted octanol–water partition coefficient (Wildman–Crippen LogP) is 1.35. The third-order valence-electron chi connectivity index (χ3n) is 2.85. The molecule has 1 aromatic carbocycles. The first-order chi connectivity index (χ1) is 8.88. The maximum Gasteiger partial charge on any atom is 0.253 e. The quantitative estimate of drug-likeness (QED) is 0.852. The number of carbonyl (C=O) groups is 1. The Bertz CT molecular complexity index is 594. The van der Waals surface area contributed by atoms with Gasteiger partial charge in [-0.05, 0) is 31.0 Å². The van der Waals surface area contributed by atoms with Crippen LogP contribution in [0, 0.1) is 5.82 Å². The van der Waals surface area contributed by atoms with E-state index in [0.29, 0.717) is 13.0 Å². The summed E-state index contributed by atoms with van der Waals surface area (Å²) in [5.74, 6) is -1.14. The fraction of sp³-hybridized carbons (Fsp3) is 0.417. The van der Waals surface area contributed by atoms with Crippen molar-refractivity contribution in [3.05, 3.63) is 24.0 Å². The van der Waals surface area contributed by atoms with Crippen LogP contribution in [0.4, 0.5) is 10.1 Å². The fourth-order valence-corrected chi connectivity index (χ4v) is 2.48. The third kappa shape index (κ3) is 3.30. The summed E-state index contributed by atoms with van der Waals surface area (Å²) in [5.41, 5.74) is -0.150. The predicted molar refractivity (Wildman–Crippen MR) is 67.1 cm³/mol. The molecule has 19 heavy (non-hydrogen) atoms. The van der Waals surface area contributed by atoms with Gasteiger partial charge in [0.05, 0.1) is 10.6 Å².